The SMILES string of the molecule is CC[C@H](C)[C@H](NC(=O)CN)C(=O)N[C@@H](Cc1ccccc1)C(=O)N[C@H](C(=O)N[C@@H](CC(N)=O)C(=O)N[C@H](C(=O)N[C@@H](CCCCN)C(=O)O)[C@@H](C)O)[C@@H](C)O. The topological polar surface area (TPSA) is 347 Å². The third-order valence-corrected chi connectivity index (χ3v) is 8.64. The van der Waals surface area contributed by atoms with Crippen molar-refractivity contribution in [3.05, 3.63) is 35.9 Å². The largest absolute Gasteiger partial charge is 0.480 e. The highest BCUT2D eigenvalue weighted by molar-refractivity contribution is 5.98. The molecule has 308 valence electrons. The minimum atomic E-state index is -1.81. The zero-order valence-corrected chi connectivity index (χ0v) is 31.6. The molecule has 0 saturated carbocycles. The molecule has 0 fully saturated rings. The third kappa shape index (κ3) is 16.8. The first-order valence-corrected chi connectivity index (χ1v) is 18.0. The summed E-state index contributed by atoms with van der Waals surface area (Å²) in [5.41, 5.74) is 16.8. The van der Waals surface area contributed by atoms with Gasteiger partial charge in [-0.2, -0.15) is 0 Å². The quantitative estimate of drug-likeness (QED) is 0.0422. The monoisotopic (exact) mass is 779 g/mol. The van der Waals surface area contributed by atoms with E-state index in [1.807, 2.05) is 0 Å². The molecule has 0 heterocycles. The highest BCUT2D eigenvalue weighted by Crippen LogP contribution is 2.11. The van der Waals surface area contributed by atoms with Crippen LogP contribution in [0.15, 0.2) is 30.3 Å². The second-order valence-electron chi connectivity index (χ2n) is 13.3. The Labute approximate surface area is 319 Å². The number of carbonyl (C=O) groups excluding carboxylic acids is 7. The summed E-state index contributed by atoms with van der Waals surface area (Å²) < 4.78 is 0. The van der Waals surface area contributed by atoms with E-state index < -0.39 is 102 Å². The summed E-state index contributed by atoms with van der Waals surface area (Å²) >= 11 is 0. The van der Waals surface area contributed by atoms with Crippen molar-refractivity contribution < 1.29 is 53.7 Å². The van der Waals surface area contributed by atoms with Crippen LogP contribution < -0.4 is 49.1 Å². The van der Waals surface area contributed by atoms with E-state index in [2.05, 4.69) is 31.9 Å². The van der Waals surface area contributed by atoms with Gasteiger partial charge in [-0.15, -0.1) is 0 Å². The fraction of sp³-hybridized carbons (Fsp3) is 0.600. The Hall–Kier alpha value is -5.18. The smallest absolute Gasteiger partial charge is 0.326 e. The van der Waals surface area contributed by atoms with Gasteiger partial charge in [0, 0.05) is 6.42 Å². The van der Waals surface area contributed by atoms with E-state index in [4.69, 9.17) is 17.2 Å². The highest BCUT2D eigenvalue weighted by Gasteiger charge is 2.36. The van der Waals surface area contributed by atoms with Gasteiger partial charge in [0.2, 0.25) is 41.4 Å². The molecule has 7 amide bonds. The maximum absolute atomic E-state index is 13.8. The molecule has 0 unspecified atom stereocenters. The maximum atomic E-state index is 13.8. The van der Waals surface area contributed by atoms with Gasteiger partial charge in [-0.25, -0.2) is 4.79 Å². The number of aliphatic hydroxyl groups is 2. The van der Waals surface area contributed by atoms with Crippen LogP contribution in [-0.4, -0.2) is 124 Å². The van der Waals surface area contributed by atoms with Crippen LogP contribution in [0.25, 0.3) is 0 Å². The fourth-order valence-electron chi connectivity index (χ4n) is 5.26. The number of hydrogen-bond donors (Lipinski definition) is 12. The number of rotatable bonds is 25. The Bertz CT molecular complexity index is 1460. The molecule has 55 heavy (non-hydrogen) atoms. The summed E-state index contributed by atoms with van der Waals surface area (Å²) in [6.07, 6.45) is -2.80. The van der Waals surface area contributed by atoms with Crippen LogP contribution >= 0.6 is 0 Å². The van der Waals surface area contributed by atoms with E-state index in [9.17, 15) is 53.7 Å². The third-order valence-electron chi connectivity index (χ3n) is 8.64. The number of carboxylic acids is 1. The lowest BCUT2D eigenvalue weighted by Crippen LogP contribution is -2.63. The molecule has 15 N–H and O–H groups in total. The van der Waals surface area contributed by atoms with Crippen molar-refractivity contribution in [2.75, 3.05) is 13.1 Å². The number of carboxylic acid groups (broad SMARTS) is 1. The van der Waals surface area contributed by atoms with Crippen LogP contribution in [0.5, 0.6) is 0 Å². The lowest BCUT2D eigenvalue weighted by molar-refractivity contribution is -0.143. The first-order valence-electron chi connectivity index (χ1n) is 18.0. The van der Waals surface area contributed by atoms with E-state index >= 15 is 0 Å². The lowest BCUT2D eigenvalue weighted by Gasteiger charge is -2.29. The number of primary amides is 1. The summed E-state index contributed by atoms with van der Waals surface area (Å²) in [5, 5.41) is 44.6. The number of carbonyl (C=O) groups is 8. The number of nitrogens with two attached hydrogens (primary N) is 3. The molecule has 1 aromatic rings. The molecular weight excluding hydrogens is 722 g/mol. The van der Waals surface area contributed by atoms with Gasteiger partial charge in [0.05, 0.1) is 25.2 Å². The van der Waals surface area contributed by atoms with E-state index in [-0.39, 0.29) is 25.3 Å². The second kappa shape index (κ2) is 24.3. The molecule has 9 atom stereocenters. The zero-order valence-electron chi connectivity index (χ0n) is 31.6. The van der Waals surface area contributed by atoms with Gasteiger partial charge in [0.15, 0.2) is 0 Å². The Morgan fingerprint density at radius 1 is 0.655 bits per heavy atom. The van der Waals surface area contributed by atoms with Crippen molar-refractivity contribution in [1.82, 2.24) is 31.9 Å². The van der Waals surface area contributed by atoms with Gasteiger partial charge < -0.3 is 64.4 Å². The summed E-state index contributed by atoms with van der Waals surface area (Å²) in [4.78, 5) is 103. The molecule has 20 heteroatoms. The molecular formula is C35H57N9O11. The number of benzene rings is 1. The van der Waals surface area contributed by atoms with E-state index in [1.165, 1.54) is 0 Å². The number of aliphatic hydroxyl groups excluding tert-OH is 2. The molecule has 0 aliphatic rings. The Balaban J connectivity index is 3.32. The van der Waals surface area contributed by atoms with Crippen LogP contribution in [0.3, 0.4) is 0 Å². The average molecular weight is 780 g/mol. The number of unbranched alkanes of at least 4 members (excludes halogenated alkanes) is 1. The Kier molecular flexibility index (Phi) is 21.1. The first kappa shape index (κ1) is 47.8. The Morgan fingerprint density at radius 2 is 1.15 bits per heavy atom. The molecule has 1 rings (SSSR count). The van der Waals surface area contributed by atoms with Crippen LogP contribution in [0.4, 0.5) is 0 Å². The van der Waals surface area contributed by atoms with Crippen LogP contribution in [0.1, 0.15) is 65.4 Å². The molecule has 0 spiro atoms. The number of amides is 7. The van der Waals surface area contributed by atoms with Gasteiger partial charge >= 0.3 is 5.97 Å². The van der Waals surface area contributed by atoms with Crippen molar-refractivity contribution in [3.8, 4) is 0 Å². The predicted octanol–water partition coefficient (Wildman–Crippen LogP) is -4.01. The minimum absolute atomic E-state index is 0.00470. The first-order chi connectivity index (χ1) is 25.9. The second-order valence-corrected chi connectivity index (χ2v) is 13.3. The van der Waals surface area contributed by atoms with E-state index in [0.717, 1.165) is 13.8 Å². The van der Waals surface area contributed by atoms with Gasteiger partial charge in [0.25, 0.3) is 0 Å². The number of aliphatic carboxylic acids is 1. The highest BCUT2D eigenvalue weighted by atomic mass is 16.4. The molecule has 0 radical (unpaired) electrons. The van der Waals surface area contributed by atoms with Crippen molar-refractivity contribution in [2.45, 2.75) is 115 Å². The van der Waals surface area contributed by atoms with E-state index in [1.54, 1.807) is 44.2 Å². The van der Waals surface area contributed by atoms with Crippen molar-refractivity contribution >= 4 is 47.3 Å². The molecule has 0 aliphatic carbocycles. The summed E-state index contributed by atoms with van der Waals surface area (Å²) in [6.45, 7) is 5.71. The predicted molar refractivity (Wildman–Crippen MR) is 198 cm³/mol. The van der Waals surface area contributed by atoms with E-state index in [0.29, 0.717) is 31.4 Å². The molecule has 0 aromatic heterocycles. The summed E-state index contributed by atoms with van der Waals surface area (Å²) in [6, 6.07) is -0.645. The molecule has 0 aliphatic heterocycles. The van der Waals surface area contributed by atoms with Crippen molar-refractivity contribution in [3.63, 3.8) is 0 Å². The summed E-state index contributed by atoms with van der Waals surface area (Å²) in [5.74, 6) is -8.53. The van der Waals surface area contributed by atoms with Gasteiger partial charge in [0.1, 0.15) is 36.3 Å². The number of hydrogen-bond acceptors (Lipinski definition) is 12. The van der Waals surface area contributed by atoms with Crippen LogP contribution in [0.2, 0.25) is 0 Å². The zero-order chi connectivity index (χ0) is 41.8. The Morgan fingerprint density at radius 3 is 1.60 bits per heavy atom. The normalized spacial score (nSPS) is 15.9. The number of nitrogens with one attached hydrogen (secondary N) is 6. The van der Waals surface area contributed by atoms with Crippen molar-refractivity contribution in [1.29, 1.82) is 0 Å². The summed E-state index contributed by atoms with van der Waals surface area (Å²) in [7, 11) is 0. The van der Waals surface area contributed by atoms with Crippen molar-refractivity contribution in [2.24, 2.45) is 23.1 Å². The standard InChI is InChI=1S/C35H57N9O11/c1-5-18(2)27(42-26(48)17-37)32(51)40-23(15-21-11-7-6-8-12-21)30(49)43-29(20(4)46)34(53)41-24(16-25(38)47)31(50)44-28(19(3)45)33(52)39-22(35(54)55)13-9-10-14-36/h6-8,11-12,18-20,22-24,27-29,45-46H,5,9-10,13-17,36-37H2,1-4H3,(H2,38,47)(H,39,52)(H,40,51)(H,41,53)(H,42,48)(H,43,49)(H,44,50)(H,54,55)/t18-,19+,20+,22-,23-,24-,27-,28-,29-/m0/s1. The molecule has 0 saturated heterocycles. The molecule has 0 bridgehead atoms. The lowest BCUT2D eigenvalue weighted by atomic mass is 9.97. The van der Waals surface area contributed by atoms with Gasteiger partial charge in [-0.3, -0.25) is 33.6 Å². The average Bonchev–Trinajstić information content (AvgIpc) is 3.12. The van der Waals surface area contributed by atoms with Gasteiger partial charge in [-0.1, -0.05) is 50.6 Å². The maximum Gasteiger partial charge on any atom is 0.326 e. The van der Waals surface area contributed by atoms with Crippen LogP contribution in [0, 0.1) is 5.92 Å². The molecule has 1 aromatic carbocycles. The minimum Gasteiger partial charge on any atom is -0.480 e. The molecule has 20 nitrogen and oxygen atoms in total. The van der Waals surface area contributed by atoms with Crippen LogP contribution in [-0.2, 0) is 44.8 Å². The van der Waals surface area contributed by atoms with Gasteiger partial charge in [-0.05, 0) is 51.1 Å². The fourth-order valence-corrected chi connectivity index (χ4v) is 5.26.